The molecule has 0 saturated heterocycles. The number of thioether (sulfide) groups is 1. The van der Waals surface area contributed by atoms with Crippen LogP contribution in [-0.2, 0) is 12.3 Å². The van der Waals surface area contributed by atoms with Gasteiger partial charge in [0.05, 0.1) is 16.5 Å². The predicted octanol–water partition coefficient (Wildman–Crippen LogP) is 4.53. The molecule has 4 aromatic rings. The quantitative estimate of drug-likeness (QED) is 0.329. The summed E-state index contributed by atoms with van der Waals surface area (Å²) in [5, 5.41) is 2.59. The first-order valence-corrected chi connectivity index (χ1v) is 11.3. The van der Waals surface area contributed by atoms with Gasteiger partial charge in [-0.1, -0.05) is 30.3 Å². The summed E-state index contributed by atoms with van der Waals surface area (Å²) in [7, 11) is 0. The van der Waals surface area contributed by atoms with E-state index in [1.165, 1.54) is 9.44 Å². The highest BCUT2D eigenvalue weighted by Crippen LogP contribution is 2.28. The van der Waals surface area contributed by atoms with Crippen molar-refractivity contribution in [2.75, 3.05) is 5.43 Å². The molecule has 0 unspecified atom stereocenters. The molecule has 0 radical (unpaired) electrons. The van der Waals surface area contributed by atoms with Crippen LogP contribution in [0, 0.1) is 0 Å². The maximum atomic E-state index is 12.8. The van der Waals surface area contributed by atoms with Gasteiger partial charge in [0.15, 0.2) is 0 Å². The highest BCUT2D eigenvalue weighted by Gasteiger charge is 2.14. The van der Waals surface area contributed by atoms with E-state index in [-0.39, 0.29) is 11.5 Å². The molecule has 0 fully saturated rings. The minimum absolute atomic E-state index is 0.147. The summed E-state index contributed by atoms with van der Waals surface area (Å²) in [5.74, 6) is 0.824. The number of para-hydroxylation sites is 1. The number of carbonyl (C=O) groups excluding carboxylic acids is 1. The van der Waals surface area contributed by atoms with Crippen LogP contribution in [0.5, 0.6) is 0 Å². The van der Waals surface area contributed by atoms with Crippen molar-refractivity contribution in [3.63, 3.8) is 0 Å². The Kier molecular flexibility index (Phi) is 6.15. The minimum Gasteiger partial charge on any atom is -0.277 e. The molecule has 2 aromatic carbocycles. The monoisotopic (exact) mass is 436 g/mol. The second kappa shape index (κ2) is 9.15. The van der Waals surface area contributed by atoms with E-state index in [2.05, 4.69) is 21.9 Å². The van der Waals surface area contributed by atoms with Gasteiger partial charge in [-0.3, -0.25) is 25.0 Å². The van der Waals surface area contributed by atoms with Gasteiger partial charge < -0.3 is 0 Å². The first-order chi connectivity index (χ1) is 14.7. The van der Waals surface area contributed by atoms with Gasteiger partial charge in [-0.05, 0) is 42.6 Å². The number of nitrogens with zero attached hydrogens (tertiary/aromatic N) is 2. The number of hydrogen-bond acceptors (Lipinski definition) is 6. The van der Waals surface area contributed by atoms with Gasteiger partial charge in [0.1, 0.15) is 0 Å². The second-order valence-electron chi connectivity index (χ2n) is 6.45. The lowest BCUT2D eigenvalue weighted by molar-refractivity contribution is 0.0959. The Balaban J connectivity index is 1.53. The van der Waals surface area contributed by atoms with Crippen molar-refractivity contribution >= 4 is 45.9 Å². The molecule has 152 valence electrons. The number of aromatic nitrogens is 2. The summed E-state index contributed by atoms with van der Waals surface area (Å²) in [6, 6.07) is 18.7. The fourth-order valence-electron chi connectivity index (χ4n) is 3.06. The number of hydrazine groups is 1. The number of carbonyl (C=O) groups is 1. The molecule has 2 N–H and O–H groups in total. The number of fused-ring (bicyclic) bond motifs is 1. The number of hydrogen-bond donors (Lipinski definition) is 2. The number of amides is 1. The van der Waals surface area contributed by atoms with Gasteiger partial charge in [-0.25, -0.2) is 4.98 Å². The predicted molar refractivity (Wildman–Crippen MR) is 123 cm³/mol. The highest BCUT2D eigenvalue weighted by molar-refractivity contribution is 7.98. The molecular formula is C22H20N4O2S2. The van der Waals surface area contributed by atoms with Crippen LogP contribution in [0.2, 0.25) is 0 Å². The average molecular weight is 437 g/mol. The zero-order valence-corrected chi connectivity index (χ0v) is 17.9. The number of anilines is 1. The third-order valence-corrected chi connectivity index (χ3v) is 6.73. The van der Waals surface area contributed by atoms with Crippen LogP contribution in [0.3, 0.4) is 0 Å². The fraction of sp³-hybridized carbons (Fsp3) is 0.136. The first-order valence-electron chi connectivity index (χ1n) is 9.47. The number of thiophene rings is 1. The number of nitrogens with one attached hydrogen (secondary N) is 2. The summed E-state index contributed by atoms with van der Waals surface area (Å²) in [6.07, 6.45) is 0. The Morgan fingerprint density at radius 1 is 1.10 bits per heavy atom. The Labute approximate surface area is 181 Å². The van der Waals surface area contributed by atoms with Crippen molar-refractivity contribution in [3.05, 3.63) is 86.8 Å². The molecule has 0 aliphatic heterocycles. The van der Waals surface area contributed by atoms with Crippen LogP contribution in [0.15, 0.2) is 75.7 Å². The molecule has 0 aliphatic carbocycles. The normalized spacial score (nSPS) is 10.8. The molecular weight excluding hydrogens is 416 g/mol. The van der Waals surface area contributed by atoms with Crippen molar-refractivity contribution in [2.45, 2.75) is 24.1 Å². The lowest BCUT2D eigenvalue weighted by Crippen LogP contribution is -2.34. The molecule has 1 amide bonds. The van der Waals surface area contributed by atoms with E-state index >= 15 is 0 Å². The van der Waals surface area contributed by atoms with E-state index in [4.69, 9.17) is 0 Å². The molecule has 0 bridgehead atoms. The molecule has 2 aromatic heterocycles. The van der Waals surface area contributed by atoms with Crippen molar-refractivity contribution < 1.29 is 4.79 Å². The van der Waals surface area contributed by atoms with Crippen LogP contribution in [0.25, 0.3) is 10.9 Å². The van der Waals surface area contributed by atoms with E-state index < -0.39 is 0 Å². The van der Waals surface area contributed by atoms with Crippen molar-refractivity contribution in [1.29, 1.82) is 0 Å². The molecule has 0 saturated carbocycles. The lowest BCUT2D eigenvalue weighted by atomic mass is 10.2. The van der Waals surface area contributed by atoms with Crippen LogP contribution in [0.1, 0.15) is 22.2 Å². The SMILES string of the molecule is CCn1c(NNC(=O)c2ccccc2SCc2cccs2)nc2ccccc2c1=O. The molecule has 8 heteroatoms. The Hall–Kier alpha value is -3.10. The topological polar surface area (TPSA) is 76.0 Å². The molecule has 0 atom stereocenters. The number of benzene rings is 2. The maximum absolute atomic E-state index is 12.8. The summed E-state index contributed by atoms with van der Waals surface area (Å²) >= 11 is 3.31. The maximum Gasteiger partial charge on any atom is 0.270 e. The van der Waals surface area contributed by atoms with E-state index in [1.54, 1.807) is 41.3 Å². The summed E-state index contributed by atoms with van der Waals surface area (Å²) in [5.41, 5.74) is 6.53. The van der Waals surface area contributed by atoms with Crippen molar-refractivity contribution in [1.82, 2.24) is 15.0 Å². The van der Waals surface area contributed by atoms with Crippen LogP contribution in [0.4, 0.5) is 5.95 Å². The average Bonchev–Trinajstić information content (AvgIpc) is 3.30. The van der Waals surface area contributed by atoms with Gasteiger partial charge in [0.2, 0.25) is 5.95 Å². The largest absolute Gasteiger partial charge is 0.277 e. The van der Waals surface area contributed by atoms with Crippen LogP contribution >= 0.6 is 23.1 Å². The van der Waals surface area contributed by atoms with E-state index in [9.17, 15) is 9.59 Å². The zero-order valence-electron chi connectivity index (χ0n) is 16.3. The smallest absolute Gasteiger partial charge is 0.270 e. The summed E-state index contributed by atoms with van der Waals surface area (Å²) in [4.78, 5) is 32.2. The third kappa shape index (κ3) is 4.24. The minimum atomic E-state index is -0.283. The summed E-state index contributed by atoms with van der Waals surface area (Å²) < 4.78 is 1.50. The fourth-order valence-corrected chi connectivity index (χ4v) is 4.88. The van der Waals surface area contributed by atoms with Gasteiger partial charge in [0, 0.05) is 22.1 Å². The van der Waals surface area contributed by atoms with Gasteiger partial charge in [-0.15, -0.1) is 23.1 Å². The molecule has 4 rings (SSSR count). The lowest BCUT2D eigenvalue weighted by Gasteiger charge is -2.15. The van der Waals surface area contributed by atoms with Crippen molar-refractivity contribution in [2.24, 2.45) is 0 Å². The van der Waals surface area contributed by atoms with E-state index in [0.717, 1.165) is 10.6 Å². The molecule has 0 aliphatic rings. The Bertz CT molecular complexity index is 1240. The molecule has 0 spiro atoms. The second-order valence-corrected chi connectivity index (χ2v) is 8.49. The van der Waals surface area contributed by atoms with Gasteiger partial charge in [0.25, 0.3) is 11.5 Å². The van der Waals surface area contributed by atoms with E-state index in [0.29, 0.717) is 29.0 Å². The standard InChI is InChI=1S/C22H20N4O2S2/c1-2-26-21(28)16-9-3-5-11-18(16)23-22(26)25-24-20(27)17-10-4-6-12-19(17)30-14-15-8-7-13-29-15/h3-13H,2,14H2,1H3,(H,23,25)(H,24,27). The Morgan fingerprint density at radius 2 is 1.90 bits per heavy atom. The summed E-state index contributed by atoms with van der Waals surface area (Å²) in [6.45, 7) is 2.30. The first kappa shape index (κ1) is 20.2. The zero-order chi connectivity index (χ0) is 20.9. The van der Waals surface area contributed by atoms with Crippen molar-refractivity contribution in [3.8, 4) is 0 Å². The molecule has 2 heterocycles. The van der Waals surface area contributed by atoms with Crippen LogP contribution in [-0.4, -0.2) is 15.5 Å². The molecule has 6 nitrogen and oxygen atoms in total. The Morgan fingerprint density at radius 3 is 2.70 bits per heavy atom. The van der Waals surface area contributed by atoms with Gasteiger partial charge >= 0.3 is 0 Å². The van der Waals surface area contributed by atoms with E-state index in [1.807, 2.05) is 48.7 Å². The molecule has 30 heavy (non-hydrogen) atoms. The highest BCUT2D eigenvalue weighted by atomic mass is 32.2. The number of rotatable bonds is 7. The third-order valence-electron chi connectivity index (χ3n) is 4.55. The van der Waals surface area contributed by atoms with Crippen LogP contribution < -0.4 is 16.4 Å². The van der Waals surface area contributed by atoms with Gasteiger partial charge in [-0.2, -0.15) is 0 Å².